The molecule has 20 heavy (non-hydrogen) atoms. The number of rotatable bonds is 3. The first kappa shape index (κ1) is 14.6. The van der Waals surface area contributed by atoms with Crippen LogP contribution in [0.4, 0.5) is 5.69 Å². The van der Waals surface area contributed by atoms with Crippen molar-refractivity contribution < 1.29 is 5.11 Å². The molecule has 108 valence electrons. The molecule has 4 nitrogen and oxygen atoms in total. The van der Waals surface area contributed by atoms with E-state index in [2.05, 4.69) is 5.32 Å². The lowest BCUT2D eigenvalue weighted by molar-refractivity contribution is 0.0241. The Morgan fingerprint density at radius 2 is 1.75 bits per heavy atom. The van der Waals surface area contributed by atoms with Crippen molar-refractivity contribution in [1.29, 1.82) is 0 Å². The predicted molar refractivity (Wildman–Crippen MR) is 83.2 cm³/mol. The second-order valence-electron chi connectivity index (χ2n) is 6.28. The number of fused-ring (bicyclic) bond motifs is 1. The molecule has 0 saturated carbocycles. The summed E-state index contributed by atoms with van der Waals surface area (Å²) in [6.07, 6.45) is 0. The third-order valence-corrected chi connectivity index (χ3v) is 4.13. The average molecular weight is 274 g/mol. The maximum absolute atomic E-state index is 12.0. The Bertz CT molecular complexity index is 694. The van der Waals surface area contributed by atoms with E-state index < -0.39 is 11.1 Å². The van der Waals surface area contributed by atoms with Gasteiger partial charge in [0.1, 0.15) is 0 Å². The minimum atomic E-state index is -0.921. The van der Waals surface area contributed by atoms with Crippen LogP contribution < -0.4 is 10.9 Å². The summed E-state index contributed by atoms with van der Waals surface area (Å²) in [4.78, 5) is 12.0. The van der Waals surface area contributed by atoms with Gasteiger partial charge in [-0.05, 0) is 33.8 Å². The Hall–Kier alpha value is -1.81. The van der Waals surface area contributed by atoms with Gasteiger partial charge in [0.05, 0.1) is 16.7 Å². The molecule has 0 saturated heterocycles. The minimum absolute atomic E-state index is 0.0715. The Morgan fingerprint density at radius 3 is 2.35 bits per heavy atom. The number of aromatic nitrogens is 1. The quantitative estimate of drug-likeness (QED) is 0.904. The van der Waals surface area contributed by atoms with E-state index >= 15 is 0 Å². The molecular formula is C16H22N2O2. The summed E-state index contributed by atoms with van der Waals surface area (Å²) in [7, 11) is 1.76. The number of anilines is 1. The van der Waals surface area contributed by atoms with Crippen LogP contribution in [0, 0.1) is 0 Å². The third-order valence-electron chi connectivity index (χ3n) is 4.13. The number of benzene rings is 1. The topological polar surface area (TPSA) is 54.3 Å². The van der Waals surface area contributed by atoms with Gasteiger partial charge in [0.2, 0.25) is 0 Å². The molecule has 0 unspecified atom stereocenters. The Labute approximate surface area is 119 Å². The highest BCUT2D eigenvalue weighted by atomic mass is 16.3. The smallest absolute Gasteiger partial charge is 0.252 e. The van der Waals surface area contributed by atoms with Crippen LogP contribution in [0.1, 0.15) is 27.7 Å². The molecule has 0 aliphatic carbocycles. The number of pyridine rings is 1. The fourth-order valence-corrected chi connectivity index (χ4v) is 2.00. The van der Waals surface area contributed by atoms with Crippen molar-refractivity contribution in [1.82, 2.24) is 4.57 Å². The van der Waals surface area contributed by atoms with Crippen molar-refractivity contribution in [3.63, 3.8) is 0 Å². The first-order chi connectivity index (χ1) is 9.13. The van der Waals surface area contributed by atoms with Crippen molar-refractivity contribution in [2.75, 3.05) is 5.32 Å². The number of aryl methyl sites for hydroxylation is 1. The van der Waals surface area contributed by atoms with Gasteiger partial charge in [0, 0.05) is 24.2 Å². The van der Waals surface area contributed by atoms with Gasteiger partial charge >= 0.3 is 0 Å². The molecule has 0 radical (unpaired) electrons. The molecule has 0 aliphatic heterocycles. The van der Waals surface area contributed by atoms with Gasteiger partial charge in [0.15, 0.2) is 0 Å². The molecule has 0 spiro atoms. The highest BCUT2D eigenvalue weighted by Crippen LogP contribution is 2.29. The molecule has 1 aromatic carbocycles. The SMILES string of the molecule is Cn1c(=O)cc(NC(C)(C)C(C)(C)O)c2ccccc21. The number of hydrogen-bond donors (Lipinski definition) is 2. The molecule has 1 heterocycles. The largest absolute Gasteiger partial charge is 0.388 e. The second-order valence-corrected chi connectivity index (χ2v) is 6.28. The monoisotopic (exact) mass is 274 g/mol. The zero-order valence-corrected chi connectivity index (χ0v) is 12.7. The van der Waals surface area contributed by atoms with Crippen LogP contribution in [-0.2, 0) is 7.05 Å². The maximum Gasteiger partial charge on any atom is 0.252 e. The summed E-state index contributed by atoms with van der Waals surface area (Å²) in [6, 6.07) is 9.31. The minimum Gasteiger partial charge on any atom is -0.388 e. The van der Waals surface area contributed by atoms with E-state index in [0.717, 1.165) is 16.6 Å². The summed E-state index contributed by atoms with van der Waals surface area (Å²) in [5, 5.41) is 14.5. The molecule has 4 heteroatoms. The lowest BCUT2D eigenvalue weighted by Gasteiger charge is -2.39. The van der Waals surface area contributed by atoms with Crippen LogP contribution in [0.25, 0.3) is 10.9 Å². The first-order valence-corrected chi connectivity index (χ1v) is 6.73. The van der Waals surface area contributed by atoms with Crippen LogP contribution in [0.2, 0.25) is 0 Å². The number of para-hydroxylation sites is 1. The van der Waals surface area contributed by atoms with Gasteiger partial charge in [-0.15, -0.1) is 0 Å². The molecular weight excluding hydrogens is 252 g/mol. The Balaban J connectivity index is 2.62. The van der Waals surface area contributed by atoms with E-state index in [1.165, 1.54) is 0 Å². The summed E-state index contributed by atoms with van der Waals surface area (Å²) >= 11 is 0. The summed E-state index contributed by atoms with van der Waals surface area (Å²) in [5.41, 5.74) is 0.0553. The fraction of sp³-hybridized carbons (Fsp3) is 0.438. The van der Waals surface area contributed by atoms with E-state index in [1.807, 2.05) is 38.1 Å². The summed E-state index contributed by atoms with van der Waals surface area (Å²) < 4.78 is 1.62. The summed E-state index contributed by atoms with van der Waals surface area (Å²) in [5.74, 6) is 0. The molecule has 0 amide bonds. The average Bonchev–Trinajstić information content (AvgIpc) is 2.34. The zero-order valence-electron chi connectivity index (χ0n) is 12.7. The zero-order chi connectivity index (χ0) is 15.1. The van der Waals surface area contributed by atoms with E-state index in [9.17, 15) is 9.90 Å². The van der Waals surface area contributed by atoms with Crippen molar-refractivity contribution >= 4 is 16.6 Å². The van der Waals surface area contributed by atoms with Crippen molar-refractivity contribution in [2.24, 2.45) is 7.05 Å². The van der Waals surface area contributed by atoms with Gasteiger partial charge in [0.25, 0.3) is 5.56 Å². The van der Waals surface area contributed by atoms with Crippen molar-refractivity contribution in [3.8, 4) is 0 Å². The molecule has 2 rings (SSSR count). The predicted octanol–water partition coefficient (Wildman–Crippen LogP) is 2.50. The Kier molecular flexibility index (Phi) is 3.38. The molecule has 0 bridgehead atoms. The molecule has 2 aromatic rings. The third kappa shape index (κ3) is 2.43. The number of nitrogens with zero attached hydrogens (tertiary/aromatic N) is 1. The van der Waals surface area contributed by atoms with E-state index in [-0.39, 0.29) is 5.56 Å². The number of hydrogen-bond acceptors (Lipinski definition) is 3. The van der Waals surface area contributed by atoms with Crippen LogP contribution >= 0.6 is 0 Å². The maximum atomic E-state index is 12.0. The lowest BCUT2D eigenvalue weighted by atomic mass is 9.85. The van der Waals surface area contributed by atoms with Crippen molar-refractivity contribution in [2.45, 2.75) is 38.8 Å². The van der Waals surface area contributed by atoms with E-state index in [0.29, 0.717) is 0 Å². The fourth-order valence-electron chi connectivity index (χ4n) is 2.00. The highest BCUT2D eigenvalue weighted by Gasteiger charge is 2.35. The van der Waals surface area contributed by atoms with Gasteiger partial charge < -0.3 is 15.0 Å². The number of aliphatic hydroxyl groups is 1. The van der Waals surface area contributed by atoms with Crippen LogP contribution in [0.15, 0.2) is 35.1 Å². The Morgan fingerprint density at radius 1 is 1.15 bits per heavy atom. The van der Waals surface area contributed by atoms with Gasteiger partial charge in [-0.25, -0.2) is 0 Å². The van der Waals surface area contributed by atoms with E-state index in [1.54, 1.807) is 31.5 Å². The van der Waals surface area contributed by atoms with Gasteiger partial charge in [-0.2, -0.15) is 0 Å². The van der Waals surface area contributed by atoms with Crippen LogP contribution in [-0.4, -0.2) is 20.8 Å². The van der Waals surface area contributed by atoms with Gasteiger partial charge in [-0.3, -0.25) is 4.79 Å². The summed E-state index contributed by atoms with van der Waals surface area (Å²) in [6.45, 7) is 7.34. The normalized spacial score (nSPS) is 12.7. The van der Waals surface area contributed by atoms with E-state index in [4.69, 9.17) is 0 Å². The standard InChI is InChI=1S/C16H22N2O2/c1-15(2,16(3,4)20)17-12-10-14(19)18(5)13-9-7-6-8-11(12)13/h6-10,17,20H,1-5H3. The van der Waals surface area contributed by atoms with Gasteiger partial charge in [-0.1, -0.05) is 18.2 Å². The number of nitrogens with one attached hydrogen (secondary N) is 1. The molecule has 2 N–H and O–H groups in total. The molecule has 0 aliphatic rings. The van der Waals surface area contributed by atoms with Crippen molar-refractivity contribution in [3.05, 3.63) is 40.7 Å². The van der Waals surface area contributed by atoms with Crippen LogP contribution in [0.3, 0.4) is 0 Å². The highest BCUT2D eigenvalue weighted by molar-refractivity contribution is 5.91. The molecule has 0 atom stereocenters. The lowest BCUT2D eigenvalue weighted by Crippen LogP contribution is -2.51. The molecule has 1 aromatic heterocycles. The van der Waals surface area contributed by atoms with Crippen LogP contribution in [0.5, 0.6) is 0 Å². The second kappa shape index (κ2) is 4.63. The molecule has 0 fully saturated rings. The first-order valence-electron chi connectivity index (χ1n) is 6.73.